The van der Waals surface area contributed by atoms with Gasteiger partial charge in [0.15, 0.2) is 0 Å². The smallest absolute Gasteiger partial charge is 0.489 e. The second kappa shape index (κ2) is 15.0. The highest BCUT2D eigenvalue weighted by Crippen LogP contribution is 2.25. The molecule has 3 aromatic rings. The Hall–Kier alpha value is -4.72. The van der Waals surface area contributed by atoms with Crippen molar-refractivity contribution in [3.63, 3.8) is 0 Å². The second-order valence-corrected chi connectivity index (χ2v) is 12.1. The third-order valence-electron chi connectivity index (χ3n) is 7.09. The van der Waals surface area contributed by atoms with Gasteiger partial charge in [-0.05, 0) is 55.2 Å². The first-order valence-corrected chi connectivity index (χ1v) is 14.4. The van der Waals surface area contributed by atoms with Crippen LogP contribution in [-0.2, 0) is 21.0 Å². The highest BCUT2D eigenvalue weighted by Gasteiger charge is 2.39. The van der Waals surface area contributed by atoms with E-state index in [-0.39, 0.29) is 23.8 Å². The van der Waals surface area contributed by atoms with Crippen LogP contribution in [0.5, 0.6) is 5.75 Å². The molecule has 248 valence electrons. The standard InChI is InChI=1S/C30H36N4O5.C2HF3O2/c1-19-15-21(23-7-5-6-8-25(23)31-19)18-39-22-11-9-20(10-12-22)28(36)32-26-13-14-34(17-24(26)29(37)33-38)27(35)16-30(2,3)4;3-2(4,5)1(6)7/h5-12,15,24,26,38H,13-14,16-18H2,1-4H3,(H,32,36)(H,33,37);(H,6,7)/t24-,26+;/m0./s1. The number of halogens is 3. The van der Waals surface area contributed by atoms with Gasteiger partial charge in [0.25, 0.3) is 5.91 Å². The predicted molar refractivity (Wildman–Crippen MR) is 161 cm³/mol. The maximum atomic E-state index is 13.0. The van der Waals surface area contributed by atoms with E-state index in [0.29, 0.717) is 37.3 Å². The minimum Gasteiger partial charge on any atom is -0.489 e. The summed E-state index contributed by atoms with van der Waals surface area (Å²) in [6.45, 7) is 8.80. The fourth-order valence-corrected chi connectivity index (χ4v) is 4.89. The molecule has 1 aromatic heterocycles. The molecular formula is C32H37F3N4O7. The number of aromatic nitrogens is 1. The van der Waals surface area contributed by atoms with Crippen molar-refractivity contribution in [1.82, 2.24) is 20.7 Å². The van der Waals surface area contributed by atoms with E-state index in [1.54, 1.807) is 34.6 Å². The molecule has 1 saturated heterocycles. The number of likely N-dealkylation sites (tertiary alicyclic amines) is 1. The molecule has 0 saturated carbocycles. The van der Waals surface area contributed by atoms with Crippen LogP contribution in [0.25, 0.3) is 10.9 Å². The van der Waals surface area contributed by atoms with Crippen LogP contribution in [0, 0.1) is 18.3 Å². The number of aryl methyl sites for hydroxylation is 1. The van der Waals surface area contributed by atoms with E-state index >= 15 is 0 Å². The average Bonchev–Trinajstić information content (AvgIpc) is 2.98. The molecule has 0 radical (unpaired) electrons. The normalized spacial score (nSPS) is 16.6. The van der Waals surface area contributed by atoms with Crippen molar-refractivity contribution in [3.8, 4) is 5.75 Å². The largest absolute Gasteiger partial charge is 0.490 e. The highest BCUT2D eigenvalue weighted by atomic mass is 19.4. The second-order valence-electron chi connectivity index (χ2n) is 12.1. The van der Waals surface area contributed by atoms with Gasteiger partial charge in [0, 0.05) is 47.8 Å². The Kier molecular flexibility index (Phi) is 11.7. The van der Waals surface area contributed by atoms with E-state index < -0.39 is 30.0 Å². The maximum Gasteiger partial charge on any atom is 0.490 e. The number of hydroxylamine groups is 1. The van der Waals surface area contributed by atoms with Crippen LogP contribution in [0.3, 0.4) is 0 Å². The van der Waals surface area contributed by atoms with Gasteiger partial charge in [0.1, 0.15) is 12.4 Å². The van der Waals surface area contributed by atoms with Gasteiger partial charge in [-0.2, -0.15) is 13.2 Å². The van der Waals surface area contributed by atoms with E-state index in [1.807, 2.05) is 58.0 Å². The van der Waals surface area contributed by atoms with Gasteiger partial charge in [-0.25, -0.2) is 10.3 Å². The Morgan fingerprint density at radius 1 is 1.04 bits per heavy atom. The van der Waals surface area contributed by atoms with Gasteiger partial charge >= 0.3 is 12.1 Å². The molecule has 2 heterocycles. The van der Waals surface area contributed by atoms with E-state index in [4.69, 9.17) is 14.6 Å². The number of pyridine rings is 1. The Balaban J connectivity index is 0.000000738. The molecule has 46 heavy (non-hydrogen) atoms. The molecule has 11 nitrogen and oxygen atoms in total. The molecule has 14 heteroatoms. The van der Waals surface area contributed by atoms with Gasteiger partial charge in [0.05, 0.1) is 11.4 Å². The molecule has 0 unspecified atom stereocenters. The third kappa shape index (κ3) is 10.2. The van der Waals surface area contributed by atoms with E-state index in [0.717, 1.165) is 22.2 Å². The first kappa shape index (κ1) is 35.8. The molecule has 2 atom stereocenters. The summed E-state index contributed by atoms with van der Waals surface area (Å²) in [6, 6.07) is 16.2. The fraction of sp³-hybridized carbons (Fsp3) is 0.406. The Morgan fingerprint density at radius 2 is 1.67 bits per heavy atom. The van der Waals surface area contributed by atoms with Crippen LogP contribution < -0.4 is 15.5 Å². The van der Waals surface area contributed by atoms with Crippen LogP contribution in [0.4, 0.5) is 13.2 Å². The minimum absolute atomic E-state index is 0.0477. The van der Waals surface area contributed by atoms with Crippen molar-refractivity contribution in [2.24, 2.45) is 11.3 Å². The number of benzene rings is 2. The van der Waals surface area contributed by atoms with E-state index in [1.165, 1.54) is 0 Å². The molecule has 1 fully saturated rings. The molecule has 4 rings (SSSR count). The number of carbonyl (C=O) groups is 4. The number of carbonyl (C=O) groups excluding carboxylic acids is 3. The predicted octanol–water partition coefficient (Wildman–Crippen LogP) is 4.64. The summed E-state index contributed by atoms with van der Waals surface area (Å²) < 4.78 is 37.7. The zero-order valence-corrected chi connectivity index (χ0v) is 25.9. The van der Waals surface area contributed by atoms with Gasteiger partial charge in [0.2, 0.25) is 11.8 Å². The molecule has 1 aliphatic rings. The molecule has 4 N–H and O–H groups in total. The van der Waals surface area contributed by atoms with Crippen LogP contribution in [0.1, 0.15) is 55.2 Å². The van der Waals surface area contributed by atoms with Crippen LogP contribution in [0.15, 0.2) is 54.6 Å². The van der Waals surface area contributed by atoms with Crippen molar-refractivity contribution in [2.75, 3.05) is 13.1 Å². The molecule has 1 aliphatic heterocycles. The monoisotopic (exact) mass is 646 g/mol. The number of aliphatic carboxylic acids is 1. The number of alkyl halides is 3. The minimum atomic E-state index is -5.08. The summed E-state index contributed by atoms with van der Waals surface area (Å²) in [5.41, 5.74) is 4.78. The number of para-hydroxylation sites is 1. The number of fused-ring (bicyclic) bond motifs is 1. The first-order valence-electron chi connectivity index (χ1n) is 14.4. The molecular weight excluding hydrogens is 609 g/mol. The van der Waals surface area contributed by atoms with Gasteiger partial charge in [-0.1, -0.05) is 39.0 Å². The fourth-order valence-electron chi connectivity index (χ4n) is 4.89. The molecule has 3 amide bonds. The quantitative estimate of drug-likeness (QED) is 0.214. The van der Waals surface area contributed by atoms with E-state index in [9.17, 15) is 32.8 Å². The number of nitrogens with zero attached hydrogens (tertiary/aromatic N) is 2. The van der Waals surface area contributed by atoms with Crippen molar-refractivity contribution in [1.29, 1.82) is 0 Å². The lowest BCUT2D eigenvalue weighted by atomic mass is 9.88. The Morgan fingerprint density at radius 3 is 2.26 bits per heavy atom. The molecule has 2 aromatic carbocycles. The highest BCUT2D eigenvalue weighted by molar-refractivity contribution is 5.95. The van der Waals surface area contributed by atoms with Crippen molar-refractivity contribution in [2.45, 2.75) is 59.4 Å². The van der Waals surface area contributed by atoms with E-state index in [2.05, 4.69) is 10.3 Å². The number of rotatable bonds is 7. The van der Waals surface area contributed by atoms with Crippen LogP contribution >= 0.6 is 0 Å². The number of ether oxygens (including phenoxy) is 1. The summed E-state index contributed by atoms with van der Waals surface area (Å²) in [4.78, 5) is 53.2. The van der Waals surface area contributed by atoms with Crippen molar-refractivity contribution < 1.29 is 47.4 Å². The van der Waals surface area contributed by atoms with Crippen molar-refractivity contribution >= 4 is 34.6 Å². The lowest BCUT2D eigenvalue weighted by Gasteiger charge is -2.38. The molecule has 0 bridgehead atoms. The van der Waals surface area contributed by atoms with Gasteiger partial charge < -0.3 is 20.1 Å². The number of hydrogen-bond donors (Lipinski definition) is 4. The summed E-state index contributed by atoms with van der Waals surface area (Å²) in [5, 5.41) is 20.3. The number of hydrogen-bond acceptors (Lipinski definition) is 7. The zero-order valence-electron chi connectivity index (χ0n) is 25.9. The summed E-state index contributed by atoms with van der Waals surface area (Å²) in [6.07, 6.45) is -4.33. The third-order valence-corrected chi connectivity index (χ3v) is 7.09. The molecule has 0 spiro atoms. The lowest BCUT2D eigenvalue weighted by Crippen LogP contribution is -2.56. The summed E-state index contributed by atoms with van der Waals surface area (Å²) in [7, 11) is 0. The maximum absolute atomic E-state index is 13.0. The lowest BCUT2D eigenvalue weighted by molar-refractivity contribution is -0.192. The van der Waals surface area contributed by atoms with Crippen molar-refractivity contribution in [3.05, 3.63) is 71.4 Å². The topological polar surface area (TPSA) is 158 Å². The summed E-state index contributed by atoms with van der Waals surface area (Å²) >= 11 is 0. The van der Waals surface area contributed by atoms with Crippen LogP contribution in [-0.4, -0.2) is 69.2 Å². The summed E-state index contributed by atoms with van der Waals surface area (Å²) in [5.74, 6) is -3.92. The number of nitrogens with one attached hydrogen (secondary N) is 2. The molecule has 0 aliphatic carbocycles. The number of carboxylic acids is 1. The first-order chi connectivity index (χ1) is 21.5. The number of piperidine rings is 1. The SMILES string of the molecule is Cc1cc(COc2ccc(C(=O)N[C@@H]3CCN(C(=O)CC(C)(C)C)C[C@@H]3C(=O)NO)cc2)c2ccccc2n1.O=C(O)C(F)(F)F. The number of amides is 3. The zero-order chi connectivity index (χ0) is 34.2. The Bertz CT molecular complexity index is 1560. The number of carboxylic acid groups (broad SMARTS) is 1. The average molecular weight is 647 g/mol. The Labute approximate surface area is 263 Å². The van der Waals surface area contributed by atoms with Crippen LogP contribution in [0.2, 0.25) is 0 Å². The van der Waals surface area contributed by atoms with Gasteiger partial charge in [-0.3, -0.25) is 24.6 Å². The van der Waals surface area contributed by atoms with Gasteiger partial charge in [-0.15, -0.1) is 0 Å².